The number of benzene rings is 1. The molecule has 0 unspecified atom stereocenters. The number of amides is 1. The first-order valence-corrected chi connectivity index (χ1v) is 11.1. The van der Waals surface area contributed by atoms with E-state index in [-0.39, 0.29) is 29.9 Å². The molecule has 0 bridgehead atoms. The van der Waals surface area contributed by atoms with Crippen molar-refractivity contribution in [3.05, 3.63) is 59.5 Å². The lowest BCUT2D eigenvalue weighted by Crippen LogP contribution is -2.40. The van der Waals surface area contributed by atoms with Gasteiger partial charge in [-0.15, -0.1) is 24.0 Å². The number of furan rings is 1. The first-order chi connectivity index (χ1) is 15.2. The Bertz CT molecular complexity index is 836. The number of nitrogens with one attached hydrogen (secondary N) is 2. The maximum Gasteiger partial charge on any atom is 0.251 e. The van der Waals surface area contributed by atoms with Gasteiger partial charge in [0.15, 0.2) is 5.96 Å². The molecule has 1 saturated heterocycles. The van der Waals surface area contributed by atoms with Crippen molar-refractivity contribution >= 4 is 35.8 Å². The number of nitrogens with zero attached hydrogens (tertiary/aromatic N) is 2. The first kappa shape index (κ1) is 26.2. The third-order valence-corrected chi connectivity index (χ3v) is 5.51. The van der Waals surface area contributed by atoms with Gasteiger partial charge >= 0.3 is 0 Å². The molecule has 0 spiro atoms. The Balaban J connectivity index is 0.00000363. The zero-order valence-corrected chi connectivity index (χ0v) is 21.3. The molecule has 2 N–H and O–H groups in total. The van der Waals surface area contributed by atoms with Crippen molar-refractivity contribution < 1.29 is 13.9 Å². The largest absolute Gasteiger partial charge is 0.467 e. The molecule has 1 amide bonds. The van der Waals surface area contributed by atoms with Crippen molar-refractivity contribution in [2.75, 3.05) is 33.4 Å². The highest BCUT2D eigenvalue weighted by Crippen LogP contribution is 2.18. The third-order valence-electron chi connectivity index (χ3n) is 5.51. The fraction of sp³-hybridized carbons (Fsp3) is 0.500. The number of carbonyl (C=O) groups is 1. The van der Waals surface area contributed by atoms with Gasteiger partial charge in [-0.1, -0.05) is 12.1 Å². The smallest absolute Gasteiger partial charge is 0.251 e. The van der Waals surface area contributed by atoms with E-state index >= 15 is 0 Å². The Hall–Kier alpha value is -2.07. The lowest BCUT2D eigenvalue weighted by atomic mass is 9.96. The molecule has 7 nitrogen and oxygen atoms in total. The number of ether oxygens (including phenoxy) is 1. The van der Waals surface area contributed by atoms with Gasteiger partial charge in [0, 0.05) is 38.9 Å². The van der Waals surface area contributed by atoms with Crippen LogP contribution in [0.3, 0.4) is 0 Å². The maximum absolute atomic E-state index is 12.5. The van der Waals surface area contributed by atoms with E-state index in [2.05, 4.69) is 29.5 Å². The SMILES string of the molecule is CCNC(=NCc1cccc(C(=O)NCc2ccco2)c1)N(C)CCC1CCOCC1.I. The monoisotopic (exact) mass is 554 g/mol. The molecule has 0 aliphatic carbocycles. The lowest BCUT2D eigenvalue weighted by molar-refractivity contribution is 0.0625. The molecule has 3 rings (SSSR count). The van der Waals surface area contributed by atoms with Gasteiger partial charge in [0.25, 0.3) is 5.91 Å². The molecular weight excluding hydrogens is 519 g/mol. The number of guanidine groups is 1. The van der Waals surface area contributed by atoms with Gasteiger partial charge in [0.1, 0.15) is 5.76 Å². The predicted octanol–water partition coefficient (Wildman–Crippen LogP) is 4.04. The van der Waals surface area contributed by atoms with Crippen LogP contribution in [0.25, 0.3) is 0 Å². The van der Waals surface area contributed by atoms with Crippen LogP contribution >= 0.6 is 24.0 Å². The number of rotatable bonds is 9. The molecule has 176 valence electrons. The van der Waals surface area contributed by atoms with E-state index < -0.39 is 0 Å². The van der Waals surface area contributed by atoms with Gasteiger partial charge in [-0.2, -0.15) is 0 Å². The number of hydrogen-bond donors (Lipinski definition) is 2. The van der Waals surface area contributed by atoms with Crippen LogP contribution in [0.4, 0.5) is 0 Å². The van der Waals surface area contributed by atoms with E-state index in [1.165, 1.54) is 0 Å². The molecule has 2 aromatic rings. The van der Waals surface area contributed by atoms with E-state index in [1.807, 2.05) is 36.4 Å². The summed E-state index contributed by atoms with van der Waals surface area (Å²) in [6, 6.07) is 11.3. The van der Waals surface area contributed by atoms with Crippen LogP contribution in [0.5, 0.6) is 0 Å². The van der Waals surface area contributed by atoms with Crippen LogP contribution in [-0.2, 0) is 17.8 Å². The van der Waals surface area contributed by atoms with E-state index in [0.29, 0.717) is 18.7 Å². The quantitative estimate of drug-likeness (QED) is 0.278. The second kappa shape index (κ2) is 14.2. The minimum absolute atomic E-state index is 0. The summed E-state index contributed by atoms with van der Waals surface area (Å²) in [5.41, 5.74) is 1.62. The highest BCUT2D eigenvalue weighted by atomic mass is 127. The zero-order valence-electron chi connectivity index (χ0n) is 19.0. The van der Waals surface area contributed by atoms with Crippen molar-refractivity contribution in [2.45, 2.75) is 39.3 Å². The summed E-state index contributed by atoms with van der Waals surface area (Å²) < 4.78 is 10.7. The third kappa shape index (κ3) is 8.46. The van der Waals surface area contributed by atoms with Gasteiger partial charge in [-0.3, -0.25) is 4.79 Å². The molecule has 0 atom stereocenters. The number of hydrogen-bond acceptors (Lipinski definition) is 4. The minimum atomic E-state index is -0.122. The summed E-state index contributed by atoms with van der Waals surface area (Å²) in [7, 11) is 2.08. The highest BCUT2D eigenvalue weighted by molar-refractivity contribution is 14.0. The molecule has 1 aromatic heterocycles. The Morgan fingerprint density at radius 2 is 2.00 bits per heavy atom. The van der Waals surface area contributed by atoms with Crippen molar-refractivity contribution in [3.8, 4) is 0 Å². The molecule has 8 heteroatoms. The van der Waals surface area contributed by atoms with E-state index in [4.69, 9.17) is 14.1 Å². The number of aliphatic imine (C=N–C) groups is 1. The average Bonchev–Trinajstić information content (AvgIpc) is 3.33. The molecule has 1 aliphatic rings. The number of carbonyl (C=O) groups excluding carboxylic acids is 1. The van der Waals surface area contributed by atoms with Gasteiger partial charge < -0.3 is 24.7 Å². The van der Waals surface area contributed by atoms with Crippen LogP contribution < -0.4 is 10.6 Å². The summed E-state index contributed by atoms with van der Waals surface area (Å²) in [6.45, 7) is 6.51. The van der Waals surface area contributed by atoms with Gasteiger partial charge in [0.2, 0.25) is 0 Å². The Labute approximate surface area is 208 Å². The lowest BCUT2D eigenvalue weighted by Gasteiger charge is -2.26. The maximum atomic E-state index is 12.5. The van der Waals surface area contributed by atoms with Crippen molar-refractivity contribution in [2.24, 2.45) is 10.9 Å². The van der Waals surface area contributed by atoms with Crippen molar-refractivity contribution in [1.29, 1.82) is 0 Å². The van der Waals surface area contributed by atoms with Crippen molar-refractivity contribution in [1.82, 2.24) is 15.5 Å². The van der Waals surface area contributed by atoms with Crippen LogP contribution in [0.15, 0.2) is 52.1 Å². The average molecular weight is 554 g/mol. The normalized spacial score (nSPS) is 14.5. The molecule has 2 heterocycles. The predicted molar refractivity (Wildman–Crippen MR) is 137 cm³/mol. The Morgan fingerprint density at radius 1 is 1.19 bits per heavy atom. The second-order valence-corrected chi connectivity index (χ2v) is 7.90. The first-order valence-electron chi connectivity index (χ1n) is 11.1. The summed E-state index contributed by atoms with van der Waals surface area (Å²) in [4.78, 5) is 19.4. The summed E-state index contributed by atoms with van der Waals surface area (Å²) in [6.07, 6.45) is 5.05. The molecule has 0 radical (unpaired) electrons. The molecule has 32 heavy (non-hydrogen) atoms. The van der Waals surface area contributed by atoms with Crippen LogP contribution in [0.2, 0.25) is 0 Å². The van der Waals surface area contributed by atoms with Gasteiger partial charge in [-0.25, -0.2) is 4.99 Å². The minimum Gasteiger partial charge on any atom is -0.467 e. The molecule has 0 saturated carbocycles. The molecule has 1 aromatic carbocycles. The standard InChI is InChI=1S/C24H34N4O3.HI/c1-3-25-24(28(2)12-9-19-10-14-30-15-11-19)27-17-20-6-4-7-21(16-20)23(29)26-18-22-8-5-13-31-22;/h4-8,13,16,19H,3,9-12,14-15,17-18H2,1-2H3,(H,25,27)(H,26,29);1H. The Morgan fingerprint density at radius 3 is 2.72 bits per heavy atom. The van der Waals surface area contributed by atoms with Crippen molar-refractivity contribution in [3.63, 3.8) is 0 Å². The summed E-state index contributed by atoms with van der Waals surface area (Å²) >= 11 is 0. The highest BCUT2D eigenvalue weighted by Gasteiger charge is 2.15. The zero-order chi connectivity index (χ0) is 21.9. The number of halogens is 1. The fourth-order valence-corrected chi connectivity index (χ4v) is 3.65. The molecular formula is C24H35IN4O3. The second-order valence-electron chi connectivity index (χ2n) is 7.90. The van der Waals surface area contributed by atoms with E-state index in [9.17, 15) is 4.79 Å². The van der Waals surface area contributed by atoms with Gasteiger partial charge in [0.05, 0.1) is 19.4 Å². The molecule has 1 aliphatic heterocycles. The molecule has 1 fully saturated rings. The topological polar surface area (TPSA) is 79.1 Å². The van der Waals surface area contributed by atoms with Crippen LogP contribution in [-0.4, -0.2) is 50.1 Å². The van der Waals surface area contributed by atoms with Crippen LogP contribution in [0.1, 0.15) is 47.9 Å². The van der Waals surface area contributed by atoms with Gasteiger partial charge in [-0.05, 0) is 61.9 Å². The van der Waals surface area contributed by atoms with E-state index in [1.54, 1.807) is 6.26 Å². The Kier molecular flexibility index (Phi) is 11.6. The van der Waals surface area contributed by atoms with E-state index in [0.717, 1.165) is 68.8 Å². The van der Waals surface area contributed by atoms with Crippen LogP contribution in [0, 0.1) is 5.92 Å². The summed E-state index contributed by atoms with van der Waals surface area (Å²) in [5.74, 6) is 2.23. The summed E-state index contributed by atoms with van der Waals surface area (Å²) in [5, 5.41) is 6.26. The fourth-order valence-electron chi connectivity index (χ4n) is 3.65.